The highest BCUT2D eigenvalue weighted by Gasteiger charge is 2.31. The number of aryl methyl sites for hydroxylation is 1. The Labute approximate surface area is 196 Å². The van der Waals surface area contributed by atoms with Gasteiger partial charge in [-0.05, 0) is 49.7 Å². The Kier molecular flexibility index (Phi) is 5.53. The number of aromatic carboxylic acids is 1. The molecular weight excluding hydrogens is 430 g/mol. The number of nitrogens with one attached hydrogen (secondary N) is 1. The third kappa shape index (κ3) is 4.01. The van der Waals surface area contributed by atoms with E-state index in [9.17, 15) is 14.7 Å². The average Bonchev–Trinajstić information content (AvgIpc) is 2.79. The highest BCUT2D eigenvalue weighted by Crippen LogP contribution is 2.34. The number of anilines is 2. The molecule has 7 nitrogen and oxygen atoms in total. The Morgan fingerprint density at radius 2 is 1.91 bits per heavy atom. The van der Waals surface area contributed by atoms with Crippen molar-refractivity contribution in [3.8, 4) is 0 Å². The lowest BCUT2D eigenvalue weighted by Gasteiger charge is -2.39. The zero-order valence-corrected chi connectivity index (χ0v) is 19.0. The molecule has 2 N–H and O–H groups in total. The van der Waals surface area contributed by atoms with Crippen LogP contribution in [0.2, 0.25) is 0 Å². The molecule has 34 heavy (non-hydrogen) atoms. The lowest BCUT2D eigenvalue weighted by Crippen LogP contribution is -2.45. The topological polar surface area (TPSA) is 95.7 Å². The minimum atomic E-state index is -1.00. The van der Waals surface area contributed by atoms with Crippen LogP contribution in [-0.2, 0) is 0 Å². The number of pyridine rings is 1. The van der Waals surface area contributed by atoms with Gasteiger partial charge < -0.3 is 19.7 Å². The van der Waals surface area contributed by atoms with Crippen molar-refractivity contribution in [1.29, 1.82) is 0 Å². The first-order valence-corrected chi connectivity index (χ1v) is 11.2. The number of nitrogens with zero attached hydrogens (tertiary/aromatic N) is 2. The van der Waals surface area contributed by atoms with Crippen LogP contribution in [0, 0.1) is 6.92 Å². The van der Waals surface area contributed by atoms with Gasteiger partial charge in [0.05, 0.1) is 17.0 Å². The molecule has 5 rings (SSSR count). The van der Waals surface area contributed by atoms with E-state index >= 15 is 0 Å². The fourth-order valence-electron chi connectivity index (χ4n) is 4.47. The molecule has 0 spiro atoms. The van der Waals surface area contributed by atoms with Gasteiger partial charge in [0.2, 0.25) is 0 Å². The summed E-state index contributed by atoms with van der Waals surface area (Å²) in [5.41, 5.74) is 3.89. The van der Waals surface area contributed by atoms with E-state index in [-0.39, 0.29) is 17.0 Å². The van der Waals surface area contributed by atoms with Crippen LogP contribution < -0.4 is 15.6 Å². The van der Waals surface area contributed by atoms with E-state index in [1.165, 1.54) is 0 Å². The molecular formula is C27H25N3O4. The summed E-state index contributed by atoms with van der Waals surface area (Å²) in [7, 11) is 0. The molecule has 0 bridgehead atoms. The summed E-state index contributed by atoms with van der Waals surface area (Å²) in [5.74, 6) is -0.167. The Bertz CT molecular complexity index is 1430. The summed E-state index contributed by atoms with van der Waals surface area (Å²) in [4.78, 5) is 31.1. The van der Waals surface area contributed by atoms with Gasteiger partial charge in [-0.25, -0.2) is 4.79 Å². The van der Waals surface area contributed by atoms with Crippen LogP contribution in [0.1, 0.15) is 46.1 Å². The number of para-hydroxylation sites is 1. The van der Waals surface area contributed by atoms with Gasteiger partial charge in [0.1, 0.15) is 5.58 Å². The third-order valence-electron chi connectivity index (χ3n) is 6.28. The molecule has 0 radical (unpaired) electrons. The van der Waals surface area contributed by atoms with Crippen LogP contribution in [-0.4, -0.2) is 29.1 Å². The van der Waals surface area contributed by atoms with Gasteiger partial charge >= 0.3 is 5.97 Å². The van der Waals surface area contributed by atoms with E-state index in [1.807, 2.05) is 49.1 Å². The molecule has 0 amide bonds. The molecule has 0 aliphatic carbocycles. The van der Waals surface area contributed by atoms with Crippen molar-refractivity contribution >= 4 is 28.5 Å². The van der Waals surface area contributed by atoms with Crippen LogP contribution in [0.3, 0.4) is 0 Å². The molecule has 2 aromatic carbocycles. The predicted octanol–water partition coefficient (Wildman–Crippen LogP) is 4.97. The van der Waals surface area contributed by atoms with Gasteiger partial charge in [-0.1, -0.05) is 24.3 Å². The van der Waals surface area contributed by atoms with Crippen LogP contribution in [0.5, 0.6) is 0 Å². The lowest BCUT2D eigenvalue weighted by molar-refractivity contribution is 0.0698. The van der Waals surface area contributed by atoms with Crippen molar-refractivity contribution in [2.75, 3.05) is 23.3 Å². The van der Waals surface area contributed by atoms with Crippen LogP contribution in [0.4, 0.5) is 11.6 Å². The normalized spacial score (nSPS) is 14.6. The zero-order valence-electron chi connectivity index (χ0n) is 19.0. The highest BCUT2D eigenvalue weighted by atomic mass is 16.4. The monoisotopic (exact) mass is 455 g/mol. The largest absolute Gasteiger partial charge is 0.478 e. The number of aromatic nitrogens is 1. The SMILES string of the molecule is Cc1cc(C(C)Nc2ccccc2C(=O)O)c2oc(N3CC(c4ccccn4)C3)cc(=O)c2c1. The summed E-state index contributed by atoms with van der Waals surface area (Å²) >= 11 is 0. The first-order chi connectivity index (χ1) is 16.4. The Balaban J connectivity index is 1.48. The molecule has 1 aliphatic rings. The van der Waals surface area contributed by atoms with E-state index in [1.54, 1.807) is 36.5 Å². The Hall–Kier alpha value is -4.13. The van der Waals surface area contributed by atoms with E-state index in [0.717, 1.165) is 29.9 Å². The number of carboxylic acids is 1. The second kappa shape index (κ2) is 8.67. The molecule has 7 heteroatoms. The van der Waals surface area contributed by atoms with Crippen molar-refractivity contribution < 1.29 is 14.3 Å². The maximum absolute atomic E-state index is 13.0. The standard InChI is InChI=1S/C27H25N3O4/c1-16-11-20(17(2)29-23-9-4-3-7-19(23)27(32)33)26-21(12-16)24(31)13-25(34-26)30-14-18(15-30)22-8-5-6-10-28-22/h3-13,17-18,29H,14-15H2,1-2H3,(H,32,33). The minimum Gasteiger partial charge on any atom is -0.478 e. The third-order valence-corrected chi connectivity index (χ3v) is 6.28. The summed E-state index contributed by atoms with van der Waals surface area (Å²) in [6.07, 6.45) is 1.79. The van der Waals surface area contributed by atoms with Gasteiger partial charge in [-0.2, -0.15) is 0 Å². The quantitative estimate of drug-likeness (QED) is 0.424. The summed E-state index contributed by atoms with van der Waals surface area (Å²) < 4.78 is 6.30. The smallest absolute Gasteiger partial charge is 0.337 e. The molecule has 3 heterocycles. The molecule has 172 valence electrons. The second-order valence-corrected chi connectivity index (χ2v) is 8.75. The van der Waals surface area contributed by atoms with Crippen molar-refractivity contribution in [2.45, 2.75) is 25.8 Å². The molecule has 4 aromatic rings. The van der Waals surface area contributed by atoms with Crippen molar-refractivity contribution in [3.05, 3.63) is 99.5 Å². The zero-order chi connectivity index (χ0) is 23.8. The first-order valence-electron chi connectivity index (χ1n) is 11.2. The van der Waals surface area contributed by atoms with Crippen molar-refractivity contribution in [2.24, 2.45) is 0 Å². The molecule has 1 unspecified atom stereocenters. The number of hydrogen-bond donors (Lipinski definition) is 2. The number of benzene rings is 2. The molecule has 1 saturated heterocycles. The Morgan fingerprint density at radius 1 is 1.15 bits per heavy atom. The maximum atomic E-state index is 13.0. The lowest BCUT2D eigenvalue weighted by atomic mass is 9.95. The van der Waals surface area contributed by atoms with Gasteiger partial charge in [-0.3, -0.25) is 9.78 Å². The van der Waals surface area contributed by atoms with Crippen LogP contribution in [0.15, 0.2) is 76.1 Å². The molecule has 0 saturated carbocycles. The van der Waals surface area contributed by atoms with E-state index in [4.69, 9.17) is 4.42 Å². The Morgan fingerprint density at radius 3 is 2.65 bits per heavy atom. The van der Waals surface area contributed by atoms with Crippen molar-refractivity contribution in [3.63, 3.8) is 0 Å². The van der Waals surface area contributed by atoms with Gasteiger partial charge in [0, 0.05) is 48.2 Å². The van der Waals surface area contributed by atoms with Gasteiger partial charge in [0.15, 0.2) is 11.3 Å². The molecule has 1 atom stereocenters. The fourth-order valence-corrected chi connectivity index (χ4v) is 4.47. The summed E-state index contributed by atoms with van der Waals surface area (Å²) in [6.45, 7) is 5.32. The molecule has 1 fully saturated rings. The van der Waals surface area contributed by atoms with Gasteiger partial charge in [-0.15, -0.1) is 0 Å². The number of carbonyl (C=O) groups is 1. The van der Waals surface area contributed by atoms with Crippen molar-refractivity contribution in [1.82, 2.24) is 4.98 Å². The van der Waals surface area contributed by atoms with E-state index in [2.05, 4.69) is 10.3 Å². The number of rotatable bonds is 6. The number of fused-ring (bicyclic) bond motifs is 1. The average molecular weight is 456 g/mol. The van der Waals surface area contributed by atoms with Gasteiger partial charge in [0.25, 0.3) is 0 Å². The first kappa shape index (κ1) is 21.7. The van der Waals surface area contributed by atoms with E-state index < -0.39 is 5.97 Å². The fraction of sp³-hybridized carbons (Fsp3) is 0.222. The number of hydrogen-bond acceptors (Lipinski definition) is 6. The number of carboxylic acid groups (broad SMARTS) is 1. The molecule has 1 aliphatic heterocycles. The van der Waals surface area contributed by atoms with Crippen LogP contribution in [0.25, 0.3) is 11.0 Å². The summed E-state index contributed by atoms with van der Waals surface area (Å²) in [5, 5.41) is 13.3. The second-order valence-electron chi connectivity index (χ2n) is 8.75. The predicted molar refractivity (Wildman–Crippen MR) is 132 cm³/mol. The highest BCUT2D eigenvalue weighted by molar-refractivity contribution is 5.94. The van der Waals surface area contributed by atoms with E-state index in [0.29, 0.717) is 28.5 Å². The summed E-state index contributed by atoms with van der Waals surface area (Å²) in [6, 6.07) is 17.7. The van der Waals surface area contributed by atoms with Crippen LogP contribution >= 0.6 is 0 Å². The molecule has 2 aromatic heterocycles. The minimum absolute atomic E-state index is 0.0966. The maximum Gasteiger partial charge on any atom is 0.337 e.